The van der Waals surface area contributed by atoms with E-state index in [4.69, 9.17) is 45.5 Å². The standard InChI is InChI=1S/C25H28N6O3.C6H8O7/c1-16-14-33-11-10-31(16)23-19-5-6-20(17-3-2-4-18(13-17)21(26)32)27-22(19)28-24(29-23)30-9-12-34-25(15-30)7-8-25;7-3-13-2-6(12,5(10)11)1-4(8)9/h2-6,13,16H,7-12,14-15H2,1H3,(H2,26,32);3,12H,1-2H2,(H,8,9)(H,10,11)/t16-;/m0./s1. The first-order valence-electron chi connectivity index (χ1n) is 15.0. The molecule has 3 fully saturated rings. The number of fused-ring (bicyclic) bond motifs is 1. The molecule has 1 spiro atoms. The number of pyridine rings is 1. The second-order valence-corrected chi connectivity index (χ2v) is 11.7. The van der Waals surface area contributed by atoms with Crippen LogP contribution in [0.4, 0.5) is 11.8 Å². The van der Waals surface area contributed by atoms with Gasteiger partial charge in [0.05, 0.1) is 49.0 Å². The SMILES string of the molecule is C[C@H]1COCCN1c1nc(N2CCOC3(CC3)C2)nc2nc(-c3cccc(C(N)=O)c3)ccc12.O=COCC(O)(CC(=O)O)C(=O)O. The lowest BCUT2D eigenvalue weighted by Gasteiger charge is -2.36. The van der Waals surface area contributed by atoms with Crippen LogP contribution in [0.5, 0.6) is 0 Å². The highest BCUT2D eigenvalue weighted by Gasteiger charge is 2.48. The van der Waals surface area contributed by atoms with E-state index < -0.39 is 36.5 Å². The molecule has 2 aromatic heterocycles. The van der Waals surface area contributed by atoms with E-state index in [0.717, 1.165) is 54.9 Å². The Hall–Kier alpha value is -4.93. The Bertz CT molecular complexity index is 1670. The fraction of sp³-hybridized carbons (Fsp3) is 0.452. The zero-order chi connectivity index (χ0) is 33.8. The molecule has 5 N–H and O–H groups in total. The number of aliphatic hydroxyl groups is 1. The lowest BCUT2D eigenvalue weighted by Crippen LogP contribution is -2.46. The van der Waals surface area contributed by atoms with Gasteiger partial charge in [-0.25, -0.2) is 9.78 Å². The van der Waals surface area contributed by atoms with Gasteiger partial charge in [-0.2, -0.15) is 9.97 Å². The van der Waals surface area contributed by atoms with Gasteiger partial charge in [-0.05, 0) is 44.0 Å². The molecule has 16 heteroatoms. The summed E-state index contributed by atoms with van der Waals surface area (Å²) < 4.78 is 15.7. The van der Waals surface area contributed by atoms with Crippen LogP contribution in [0, 0.1) is 0 Å². The van der Waals surface area contributed by atoms with Crippen LogP contribution in [0.15, 0.2) is 36.4 Å². The second kappa shape index (κ2) is 13.8. The normalized spacial score (nSPS) is 19.7. The molecule has 2 atom stereocenters. The first-order chi connectivity index (χ1) is 22.4. The van der Waals surface area contributed by atoms with Crippen molar-refractivity contribution in [2.24, 2.45) is 5.73 Å². The number of carboxylic acid groups (broad SMARTS) is 2. The number of carbonyl (C=O) groups excluding carboxylic acids is 2. The summed E-state index contributed by atoms with van der Waals surface area (Å²) in [5.74, 6) is -2.14. The number of hydrogen-bond donors (Lipinski definition) is 4. The van der Waals surface area contributed by atoms with Crippen LogP contribution < -0.4 is 15.5 Å². The molecule has 1 aromatic carbocycles. The number of carbonyl (C=O) groups is 4. The van der Waals surface area contributed by atoms with Gasteiger partial charge in [-0.3, -0.25) is 14.4 Å². The van der Waals surface area contributed by atoms with Crippen LogP contribution in [0.1, 0.15) is 36.5 Å². The molecule has 1 saturated carbocycles. The molecule has 47 heavy (non-hydrogen) atoms. The van der Waals surface area contributed by atoms with Gasteiger partial charge in [0.1, 0.15) is 12.4 Å². The Balaban J connectivity index is 0.000000285. The Morgan fingerprint density at radius 2 is 1.91 bits per heavy atom. The number of aliphatic carboxylic acids is 2. The van der Waals surface area contributed by atoms with Gasteiger partial charge in [-0.15, -0.1) is 0 Å². The number of ether oxygens (including phenoxy) is 3. The highest BCUT2D eigenvalue weighted by molar-refractivity contribution is 5.94. The predicted molar refractivity (Wildman–Crippen MR) is 166 cm³/mol. The number of rotatable bonds is 10. The van der Waals surface area contributed by atoms with Crippen LogP contribution in [0.25, 0.3) is 22.3 Å². The van der Waals surface area contributed by atoms with Crippen molar-refractivity contribution >= 4 is 47.1 Å². The third kappa shape index (κ3) is 7.73. The molecule has 6 rings (SSSR count). The lowest BCUT2D eigenvalue weighted by atomic mass is 10.0. The number of carboxylic acids is 2. The minimum Gasteiger partial charge on any atom is -0.481 e. The Labute approximate surface area is 269 Å². The third-order valence-corrected chi connectivity index (χ3v) is 8.18. The van der Waals surface area contributed by atoms with Crippen molar-refractivity contribution in [3.05, 3.63) is 42.0 Å². The zero-order valence-electron chi connectivity index (χ0n) is 25.7. The molecule has 1 amide bonds. The van der Waals surface area contributed by atoms with Crippen LogP contribution in [-0.2, 0) is 28.6 Å². The lowest BCUT2D eigenvalue weighted by molar-refractivity contribution is -0.172. The van der Waals surface area contributed by atoms with Crippen LogP contribution in [0.2, 0.25) is 0 Å². The Morgan fingerprint density at radius 3 is 2.57 bits per heavy atom. The van der Waals surface area contributed by atoms with Crippen molar-refractivity contribution < 1.29 is 48.7 Å². The molecule has 1 unspecified atom stereocenters. The number of benzene rings is 1. The monoisotopic (exact) mass is 652 g/mol. The second-order valence-electron chi connectivity index (χ2n) is 11.7. The van der Waals surface area contributed by atoms with Gasteiger partial charge in [-0.1, -0.05) is 12.1 Å². The van der Waals surface area contributed by atoms with Crippen LogP contribution >= 0.6 is 0 Å². The molecule has 1 aliphatic carbocycles. The van der Waals surface area contributed by atoms with Crippen LogP contribution in [-0.4, -0.2) is 118 Å². The molecular weight excluding hydrogens is 616 g/mol. The molecular formula is C31H36N6O10. The van der Waals surface area contributed by atoms with Crippen molar-refractivity contribution in [2.75, 3.05) is 55.9 Å². The summed E-state index contributed by atoms with van der Waals surface area (Å²) >= 11 is 0. The molecule has 16 nitrogen and oxygen atoms in total. The van der Waals surface area contributed by atoms with Gasteiger partial charge in [0.15, 0.2) is 5.65 Å². The quantitative estimate of drug-likeness (QED) is 0.222. The Morgan fingerprint density at radius 1 is 1.13 bits per heavy atom. The third-order valence-electron chi connectivity index (χ3n) is 8.18. The van der Waals surface area contributed by atoms with Gasteiger partial charge in [0.2, 0.25) is 17.5 Å². The van der Waals surface area contributed by atoms with E-state index in [1.807, 2.05) is 24.3 Å². The topological polar surface area (TPSA) is 228 Å². The fourth-order valence-corrected chi connectivity index (χ4v) is 5.45. The van der Waals surface area contributed by atoms with E-state index >= 15 is 0 Å². The highest BCUT2D eigenvalue weighted by Crippen LogP contribution is 2.43. The van der Waals surface area contributed by atoms with E-state index in [9.17, 15) is 19.2 Å². The molecule has 3 aromatic rings. The number of primary amides is 1. The summed E-state index contributed by atoms with van der Waals surface area (Å²) in [6.45, 7) is 5.51. The number of aromatic nitrogens is 3. The first-order valence-corrected chi connectivity index (χ1v) is 15.0. The molecule has 2 saturated heterocycles. The number of nitrogens with zero attached hydrogens (tertiary/aromatic N) is 5. The number of anilines is 2. The van der Waals surface area contributed by atoms with E-state index in [0.29, 0.717) is 37.0 Å². The van der Waals surface area contributed by atoms with E-state index in [-0.39, 0.29) is 18.1 Å². The first kappa shape index (κ1) is 33.4. The summed E-state index contributed by atoms with van der Waals surface area (Å²) in [7, 11) is 0. The number of morpholine rings is 2. The average molecular weight is 653 g/mol. The largest absolute Gasteiger partial charge is 0.481 e. The number of hydrogen-bond acceptors (Lipinski definition) is 13. The Kier molecular flexibility index (Phi) is 9.83. The van der Waals surface area contributed by atoms with Crippen LogP contribution in [0.3, 0.4) is 0 Å². The summed E-state index contributed by atoms with van der Waals surface area (Å²) in [5, 5.41) is 26.7. The van der Waals surface area contributed by atoms with Crippen molar-refractivity contribution in [1.29, 1.82) is 0 Å². The fourth-order valence-electron chi connectivity index (χ4n) is 5.45. The predicted octanol–water partition coefficient (Wildman–Crippen LogP) is 0.835. The smallest absolute Gasteiger partial charge is 0.339 e. The molecule has 250 valence electrons. The molecule has 2 aliphatic heterocycles. The molecule has 3 aliphatic rings. The number of nitrogens with two attached hydrogens (primary N) is 1. The van der Waals surface area contributed by atoms with E-state index in [1.165, 1.54) is 0 Å². The molecule has 0 radical (unpaired) electrons. The zero-order valence-corrected chi connectivity index (χ0v) is 25.7. The van der Waals surface area contributed by atoms with Crippen molar-refractivity contribution in [1.82, 2.24) is 15.0 Å². The maximum Gasteiger partial charge on any atom is 0.339 e. The van der Waals surface area contributed by atoms with Gasteiger partial charge >= 0.3 is 11.9 Å². The van der Waals surface area contributed by atoms with E-state index in [1.54, 1.807) is 12.1 Å². The average Bonchev–Trinajstić information content (AvgIpc) is 3.80. The maximum atomic E-state index is 11.7. The molecule has 0 bridgehead atoms. The minimum atomic E-state index is -2.56. The number of amides is 1. The summed E-state index contributed by atoms with van der Waals surface area (Å²) in [6.07, 6.45) is 1.14. The van der Waals surface area contributed by atoms with Crippen molar-refractivity contribution in [3.8, 4) is 11.3 Å². The van der Waals surface area contributed by atoms with Gasteiger partial charge in [0.25, 0.3) is 6.47 Å². The maximum absolute atomic E-state index is 11.7. The molecule has 4 heterocycles. The minimum absolute atomic E-state index is 0.0343. The van der Waals surface area contributed by atoms with Gasteiger partial charge in [0, 0.05) is 30.8 Å². The van der Waals surface area contributed by atoms with Gasteiger partial charge < -0.3 is 45.1 Å². The summed E-state index contributed by atoms with van der Waals surface area (Å²) in [6, 6.07) is 11.4. The summed E-state index contributed by atoms with van der Waals surface area (Å²) in [4.78, 5) is 61.2. The highest BCUT2D eigenvalue weighted by atomic mass is 16.5. The van der Waals surface area contributed by atoms with Crippen molar-refractivity contribution in [3.63, 3.8) is 0 Å². The summed E-state index contributed by atoms with van der Waals surface area (Å²) in [5.41, 5.74) is 5.54. The van der Waals surface area contributed by atoms with Crippen molar-refractivity contribution in [2.45, 2.75) is 43.4 Å². The van der Waals surface area contributed by atoms with E-state index in [2.05, 4.69) is 21.5 Å².